The van der Waals surface area contributed by atoms with Crippen LogP contribution in [0, 0.1) is 0 Å². The summed E-state index contributed by atoms with van der Waals surface area (Å²) < 4.78 is 1.05. The molecule has 1 heterocycles. The van der Waals surface area contributed by atoms with E-state index >= 15 is 0 Å². The molecule has 0 aromatic heterocycles. The number of piperidine rings is 1. The highest BCUT2D eigenvalue weighted by Crippen LogP contribution is 2.27. The maximum Gasteiger partial charge on any atom is 0.0488 e. The van der Waals surface area contributed by atoms with E-state index in [1.165, 1.54) is 38.9 Å². The van der Waals surface area contributed by atoms with Crippen LogP contribution in [0.2, 0.25) is 0 Å². The zero-order valence-electron chi connectivity index (χ0n) is 11.0. The van der Waals surface area contributed by atoms with Gasteiger partial charge in [-0.1, -0.05) is 6.92 Å². The van der Waals surface area contributed by atoms with Crippen molar-refractivity contribution in [3.8, 4) is 0 Å². The molecule has 0 radical (unpaired) electrons. The van der Waals surface area contributed by atoms with Gasteiger partial charge >= 0.3 is 0 Å². The molecule has 0 atom stereocenters. The summed E-state index contributed by atoms with van der Waals surface area (Å²) >= 11 is 3.56. The first-order valence-corrected chi connectivity index (χ1v) is 7.52. The molecule has 3 N–H and O–H groups in total. The highest BCUT2D eigenvalue weighted by molar-refractivity contribution is 9.10. The van der Waals surface area contributed by atoms with E-state index < -0.39 is 0 Å². The minimum atomic E-state index is 0.582. The predicted octanol–water partition coefficient (Wildman–Crippen LogP) is 3.32. The summed E-state index contributed by atoms with van der Waals surface area (Å²) in [5, 5.41) is 3.61. The number of benzene rings is 1. The maximum atomic E-state index is 5.75. The van der Waals surface area contributed by atoms with Crippen molar-refractivity contribution in [2.75, 3.05) is 30.7 Å². The van der Waals surface area contributed by atoms with Crippen molar-refractivity contribution in [1.29, 1.82) is 0 Å². The van der Waals surface area contributed by atoms with Crippen LogP contribution >= 0.6 is 15.9 Å². The van der Waals surface area contributed by atoms with Gasteiger partial charge in [0, 0.05) is 35.0 Å². The van der Waals surface area contributed by atoms with Gasteiger partial charge in [0.1, 0.15) is 0 Å². The molecular weight excluding hydrogens is 290 g/mol. The topological polar surface area (TPSA) is 41.3 Å². The third-order valence-corrected chi connectivity index (χ3v) is 4.14. The number of nitrogen functional groups attached to an aromatic ring is 1. The molecule has 100 valence electrons. The SMILES string of the molecule is CCCN1CCC(Nc2ccc(N)cc2Br)CC1. The van der Waals surface area contributed by atoms with Crippen LogP contribution in [0.5, 0.6) is 0 Å². The molecule has 1 aromatic carbocycles. The molecule has 1 aliphatic heterocycles. The summed E-state index contributed by atoms with van der Waals surface area (Å²) in [6.45, 7) is 5.89. The van der Waals surface area contributed by atoms with Gasteiger partial charge in [-0.25, -0.2) is 0 Å². The Balaban J connectivity index is 1.87. The summed E-state index contributed by atoms with van der Waals surface area (Å²) in [5.74, 6) is 0. The average molecular weight is 312 g/mol. The van der Waals surface area contributed by atoms with Gasteiger partial charge in [0.25, 0.3) is 0 Å². The van der Waals surface area contributed by atoms with E-state index in [4.69, 9.17) is 5.73 Å². The lowest BCUT2D eigenvalue weighted by atomic mass is 10.0. The lowest BCUT2D eigenvalue weighted by molar-refractivity contribution is 0.219. The minimum absolute atomic E-state index is 0.582. The van der Waals surface area contributed by atoms with Crippen molar-refractivity contribution in [3.63, 3.8) is 0 Å². The smallest absolute Gasteiger partial charge is 0.0488 e. The molecular formula is C14H22BrN3. The van der Waals surface area contributed by atoms with Crippen molar-refractivity contribution < 1.29 is 0 Å². The van der Waals surface area contributed by atoms with E-state index in [0.717, 1.165) is 15.8 Å². The first-order valence-electron chi connectivity index (χ1n) is 6.73. The van der Waals surface area contributed by atoms with Crippen LogP contribution in [0.15, 0.2) is 22.7 Å². The summed E-state index contributed by atoms with van der Waals surface area (Å²) in [6, 6.07) is 6.53. The average Bonchev–Trinajstić information content (AvgIpc) is 2.35. The standard InChI is InChI=1S/C14H22BrN3/c1-2-7-18-8-5-12(6-9-18)17-14-4-3-11(16)10-13(14)15/h3-4,10,12,17H,2,5-9,16H2,1H3. The lowest BCUT2D eigenvalue weighted by Crippen LogP contribution is -2.39. The fraction of sp³-hybridized carbons (Fsp3) is 0.571. The molecule has 2 rings (SSSR count). The van der Waals surface area contributed by atoms with Gasteiger partial charge in [0.05, 0.1) is 0 Å². The summed E-state index contributed by atoms with van der Waals surface area (Å²) in [5.41, 5.74) is 7.70. The van der Waals surface area contributed by atoms with Crippen LogP contribution in [-0.4, -0.2) is 30.6 Å². The third kappa shape index (κ3) is 3.62. The van der Waals surface area contributed by atoms with Gasteiger partial charge in [-0.05, 0) is 59.9 Å². The van der Waals surface area contributed by atoms with Gasteiger partial charge in [0.15, 0.2) is 0 Å². The van der Waals surface area contributed by atoms with Crippen LogP contribution in [0.3, 0.4) is 0 Å². The molecule has 3 nitrogen and oxygen atoms in total. The summed E-state index contributed by atoms with van der Waals surface area (Å²) in [6.07, 6.45) is 3.69. The fourth-order valence-electron chi connectivity index (χ4n) is 2.49. The molecule has 1 aromatic rings. The molecule has 1 saturated heterocycles. The van der Waals surface area contributed by atoms with Crippen LogP contribution < -0.4 is 11.1 Å². The zero-order valence-corrected chi connectivity index (χ0v) is 12.5. The Morgan fingerprint density at radius 1 is 1.39 bits per heavy atom. The van der Waals surface area contributed by atoms with Crippen molar-refractivity contribution in [2.24, 2.45) is 0 Å². The van der Waals surface area contributed by atoms with E-state index in [-0.39, 0.29) is 0 Å². The second-order valence-electron chi connectivity index (χ2n) is 5.00. The van der Waals surface area contributed by atoms with Crippen LogP contribution in [-0.2, 0) is 0 Å². The quantitative estimate of drug-likeness (QED) is 0.838. The molecule has 0 aliphatic carbocycles. The Kier molecular flexibility index (Phi) is 4.89. The van der Waals surface area contributed by atoms with E-state index in [9.17, 15) is 0 Å². The molecule has 4 heteroatoms. The molecule has 1 fully saturated rings. The number of rotatable bonds is 4. The van der Waals surface area contributed by atoms with Crippen LogP contribution in [0.4, 0.5) is 11.4 Å². The van der Waals surface area contributed by atoms with Crippen LogP contribution in [0.25, 0.3) is 0 Å². The van der Waals surface area contributed by atoms with Gasteiger partial charge in [-0.15, -0.1) is 0 Å². The first kappa shape index (κ1) is 13.7. The van der Waals surface area contributed by atoms with Gasteiger partial charge < -0.3 is 16.0 Å². The number of hydrogen-bond donors (Lipinski definition) is 2. The Labute approximate surface area is 118 Å². The number of anilines is 2. The Morgan fingerprint density at radius 3 is 2.72 bits per heavy atom. The molecule has 1 aliphatic rings. The van der Waals surface area contributed by atoms with Crippen molar-refractivity contribution in [1.82, 2.24) is 4.90 Å². The number of nitrogens with zero attached hydrogens (tertiary/aromatic N) is 1. The lowest BCUT2D eigenvalue weighted by Gasteiger charge is -2.32. The fourth-order valence-corrected chi connectivity index (χ4v) is 3.00. The number of nitrogens with one attached hydrogen (secondary N) is 1. The van der Waals surface area contributed by atoms with Gasteiger partial charge in [-0.3, -0.25) is 0 Å². The largest absolute Gasteiger partial charge is 0.399 e. The Hall–Kier alpha value is -0.740. The van der Waals surface area contributed by atoms with E-state index in [2.05, 4.69) is 39.1 Å². The van der Waals surface area contributed by atoms with Crippen molar-refractivity contribution in [2.45, 2.75) is 32.2 Å². The van der Waals surface area contributed by atoms with Crippen LogP contribution in [0.1, 0.15) is 26.2 Å². The number of hydrogen-bond acceptors (Lipinski definition) is 3. The van der Waals surface area contributed by atoms with E-state index in [1.807, 2.05) is 12.1 Å². The second kappa shape index (κ2) is 6.43. The summed E-state index contributed by atoms with van der Waals surface area (Å²) in [7, 11) is 0. The Morgan fingerprint density at radius 2 is 2.11 bits per heavy atom. The Bertz CT molecular complexity index is 387. The second-order valence-corrected chi connectivity index (χ2v) is 5.85. The third-order valence-electron chi connectivity index (χ3n) is 3.48. The predicted molar refractivity (Wildman–Crippen MR) is 81.9 cm³/mol. The highest BCUT2D eigenvalue weighted by Gasteiger charge is 2.18. The normalized spacial score (nSPS) is 17.9. The van der Waals surface area contributed by atoms with E-state index in [1.54, 1.807) is 0 Å². The van der Waals surface area contributed by atoms with E-state index in [0.29, 0.717) is 6.04 Å². The van der Waals surface area contributed by atoms with Crippen molar-refractivity contribution in [3.05, 3.63) is 22.7 Å². The molecule has 0 bridgehead atoms. The summed E-state index contributed by atoms with van der Waals surface area (Å²) in [4.78, 5) is 2.55. The zero-order chi connectivity index (χ0) is 13.0. The molecule has 0 amide bonds. The van der Waals surface area contributed by atoms with Gasteiger partial charge in [-0.2, -0.15) is 0 Å². The highest BCUT2D eigenvalue weighted by atomic mass is 79.9. The monoisotopic (exact) mass is 311 g/mol. The number of likely N-dealkylation sites (tertiary alicyclic amines) is 1. The molecule has 0 spiro atoms. The van der Waals surface area contributed by atoms with Gasteiger partial charge in [0.2, 0.25) is 0 Å². The molecule has 0 saturated carbocycles. The minimum Gasteiger partial charge on any atom is -0.399 e. The van der Waals surface area contributed by atoms with Crippen molar-refractivity contribution >= 4 is 27.3 Å². The number of halogens is 1. The molecule has 18 heavy (non-hydrogen) atoms. The maximum absolute atomic E-state index is 5.75. The molecule has 0 unspecified atom stereocenters. The first-order chi connectivity index (χ1) is 8.69. The number of nitrogens with two attached hydrogens (primary N) is 1.